The van der Waals surface area contributed by atoms with E-state index in [1.807, 2.05) is 30.3 Å². The van der Waals surface area contributed by atoms with Gasteiger partial charge in [0.25, 0.3) is 5.56 Å². The van der Waals surface area contributed by atoms with Crippen molar-refractivity contribution in [2.24, 2.45) is 5.10 Å². The minimum absolute atomic E-state index is 0.204. The summed E-state index contributed by atoms with van der Waals surface area (Å²) in [4.78, 5) is 18.5. The van der Waals surface area contributed by atoms with Crippen LogP contribution in [-0.2, 0) is 6.54 Å². The number of nitrogens with zero attached hydrogens (tertiary/aromatic N) is 5. The van der Waals surface area contributed by atoms with Crippen LogP contribution in [-0.4, -0.2) is 58.1 Å². The van der Waals surface area contributed by atoms with Gasteiger partial charge in [-0.05, 0) is 54.3 Å². The van der Waals surface area contributed by atoms with E-state index in [-0.39, 0.29) is 5.56 Å². The van der Waals surface area contributed by atoms with Crippen LogP contribution in [0, 0.1) is 13.8 Å². The fourth-order valence-electron chi connectivity index (χ4n) is 5.03. The van der Waals surface area contributed by atoms with Crippen molar-refractivity contribution in [3.05, 3.63) is 97.7 Å². The molecule has 202 valence electrons. The zero-order chi connectivity index (χ0) is 27.5. The van der Waals surface area contributed by atoms with E-state index < -0.39 is 0 Å². The fourth-order valence-corrected chi connectivity index (χ4v) is 5.39. The number of aryl methyl sites for hydroxylation is 2. The van der Waals surface area contributed by atoms with Crippen molar-refractivity contribution in [1.82, 2.24) is 25.0 Å². The summed E-state index contributed by atoms with van der Waals surface area (Å²) in [7, 11) is 0. The molecule has 3 aromatic carbocycles. The van der Waals surface area contributed by atoms with Crippen molar-refractivity contribution >= 4 is 33.0 Å². The molecule has 0 aliphatic carbocycles. The molecular formula is C31H35BrN6O. The van der Waals surface area contributed by atoms with Gasteiger partial charge in [-0.3, -0.25) is 4.79 Å². The van der Waals surface area contributed by atoms with Crippen LogP contribution in [0.25, 0.3) is 22.3 Å². The Kier molecular flexibility index (Phi) is 8.37. The molecule has 0 amide bonds. The molecular weight excluding hydrogens is 552 g/mol. The first-order valence-electron chi connectivity index (χ1n) is 13.5. The molecule has 39 heavy (non-hydrogen) atoms. The van der Waals surface area contributed by atoms with Crippen molar-refractivity contribution in [3.8, 4) is 11.4 Å². The predicted octanol–water partition coefficient (Wildman–Crippen LogP) is 5.36. The van der Waals surface area contributed by atoms with Gasteiger partial charge in [-0.15, -0.1) is 0 Å². The highest BCUT2D eigenvalue weighted by Gasteiger charge is 2.27. The van der Waals surface area contributed by atoms with Crippen LogP contribution >= 0.6 is 15.9 Å². The quantitative estimate of drug-likeness (QED) is 0.282. The molecule has 8 heteroatoms. The number of benzene rings is 3. The van der Waals surface area contributed by atoms with Crippen LogP contribution in [0.5, 0.6) is 0 Å². The lowest BCUT2D eigenvalue weighted by Gasteiger charge is -2.24. The van der Waals surface area contributed by atoms with Crippen LogP contribution in [0.3, 0.4) is 0 Å². The van der Waals surface area contributed by atoms with Gasteiger partial charge >= 0.3 is 0 Å². The zero-order valence-corrected chi connectivity index (χ0v) is 24.6. The monoisotopic (exact) mass is 586 g/mol. The average Bonchev–Trinajstić information content (AvgIpc) is 3.36. The summed E-state index contributed by atoms with van der Waals surface area (Å²) in [6, 6.07) is 20.4. The number of hydrazine groups is 1. The second kappa shape index (κ2) is 11.9. The molecule has 0 unspecified atom stereocenters. The van der Waals surface area contributed by atoms with E-state index in [1.165, 1.54) is 21.4 Å². The second-order valence-corrected chi connectivity index (χ2v) is 11.0. The zero-order valence-electron chi connectivity index (χ0n) is 23.0. The first-order valence-corrected chi connectivity index (χ1v) is 14.3. The van der Waals surface area contributed by atoms with Gasteiger partial charge in [0.05, 0.1) is 17.1 Å². The van der Waals surface area contributed by atoms with Crippen molar-refractivity contribution in [3.63, 3.8) is 0 Å². The van der Waals surface area contributed by atoms with Gasteiger partial charge < -0.3 is 5.32 Å². The molecule has 4 aromatic rings. The Labute approximate surface area is 238 Å². The molecule has 1 aliphatic heterocycles. The number of rotatable bonds is 8. The Bertz CT molecular complexity index is 1550. The van der Waals surface area contributed by atoms with Crippen molar-refractivity contribution in [2.75, 3.05) is 26.2 Å². The largest absolute Gasteiger partial charge is 0.307 e. The molecule has 0 radical (unpaired) electrons. The van der Waals surface area contributed by atoms with Gasteiger partial charge in [-0.25, -0.2) is 15.0 Å². The number of likely N-dealkylation sites (N-methyl/N-ethyl adjacent to an activating group) is 2. The number of nitrogens with one attached hydrogen (secondary N) is 1. The smallest absolute Gasteiger partial charge is 0.282 e. The normalized spacial score (nSPS) is 15.2. The summed E-state index contributed by atoms with van der Waals surface area (Å²) >= 11 is 3.48. The van der Waals surface area contributed by atoms with Crippen LogP contribution in [0.2, 0.25) is 0 Å². The standard InChI is InChI=1S/C31H35BrN6O/c1-5-36-19-27(20-37(36)6-2)33-17-23-9-11-25(12-10-23)30-35-29-14-13-26(32)16-28(29)31(39)38(30)34-18-24-8-7-21(3)22(4)15-24/h7-16,18,27,33H,5-6,17,19-20H2,1-4H3. The first-order chi connectivity index (χ1) is 18.9. The van der Waals surface area contributed by atoms with Gasteiger partial charge in [0.15, 0.2) is 5.82 Å². The van der Waals surface area contributed by atoms with Gasteiger partial charge in [-0.1, -0.05) is 72.2 Å². The molecule has 0 bridgehead atoms. The molecule has 1 aliphatic rings. The minimum Gasteiger partial charge on any atom is -0.307 e. The number of aromatic nitrogens is 2. The minimum atomic E-state index is -0.204. The highest BCUT2D eigenvalue weighted by atomic mass is 79.9. The van der Waals surface area contributed by atoms with E-state index in [2.05, 4.69) is 88.3 Å². The number of halogens is 1. The average molecular weight is 588 g/mol. The van der Waals surface area contributed by atoms with E-state index >= 15 is 0 Å². The van der Waals surface area contributed by atoms with Crippen LogP contribution in [0.4, 0.5) is 0 Å². The Morgan fingerprint density at radius 2 is 1.69 bits per heavy atom. The lowest BCUT2D eigenvalue weighted by atomic mass is 10.1. The fraction of sp³-hybridized carbons (Fsp3) is 0.323. The van der Waals surface area contributed by atoms with Crippen LogP contribution in [0.15, 0.2) is 75.0 Å². The molecule has 5 rings (SSSR count). The maximum Gasteiger partial charge on any atom is 0.282 e. The Hall–Kier alpha value is -3.17. The number of hydrogen-bond acceptors (Lipinski definition) is 6. The first kappa shape index (κ1) is 27.4. The van der Waals surface area contributed by atoms with E-state index in [9.17, 15) is 4.79 Å². The number of fused-ring (bicyclic) bond motifs is 1. The predicted molar refractivity (Wildman–Crippen MR) is 163 cm³/mol. The summed E-state index contributed by atoms with van der Waals surface area (Å²) < 4.78 is 2.24. The molecule has 0 atom stereocenters. The molecule has 7 nitrogen and oxygen atoms in total. The summed E-state index contributed by atoms with van der Waals surface area (Å²) in [6.07, 6.45) is 1.72. The molecule has 1 fully saturated rings. The molecule has 1 N–H and O–H groups in total. The lowest BCUT2D eigenvalue weighted by Crippen LogP contribution is -2.35. The Morgan fingerprint density at radius 3 is 2.36 bits per heavy atom. The number of hydrogen-bond donors (Lipinski definition) is 1. The summed E-state index contributed by atoms with van der Waals surface area (Å²) in [6.45, 7) is 13.5. The van der Waals surface area contributed by atoms with Crippen LogP contribution < -0.4 is 10.9 Å². The van der Waals surface area contributed by atoms with Gasteiger partial charge in [0.2, 0.25) is 0 Å². The molecule has 0 saturated carbocycles. The summed E-state index contributed by atoms with van der Waals surface area (Å²) in [5, 5.41) is 13.7. The third kappa shape index (κ3) is 6.04. The maximum atomic E-state index is 13.6. The third-order valence-corrected chi connectivity index (χ3v) is 7.95. The maximum absolute atomic E-state index is 13.6. The molecule has 0 spiro atoms. The Morgan fingerprint density at radius 1 is 0.974 bits per heavy atom. The second-order valence-electron chi connectivity index (χ2n) is 10.1. The van der Waals surface area contributed by atoms with Gasteiger partial charge in [0, 0.05) is 48.8 Å². The SMILES string of the molecule is CCN1CC(NCc2ccc(-c3nc4ccc(Br)cc4c(=O)n3N=Cc3ccc(C)c(C)c3)cc2)CN1CC. The summed E-state index contributed by atoms with van der Waals surface area (Å²) in [5.74, 6) is 0.516. The highest BCUT2D eigenvalue weighted by molar-refractivity contribution is 9.10. The third-order valence-electron chi connectivity index (χ3n) is 7.46. The van der Waals surface area contributed by atoms with E-state index in [0.717, 1.165) is 48.3 Å². The molecule has 2 heterocycles. The van der Waals surface area contributed by atoms with Gasteiger partial charge in [0.1, 0.15) is 0 Å². The van der Waals surface area contributed by atoms with Crippen LogP contribution in [0.1, 0.15) is 36.1 Å². The molecule has 1 aromatic heterocycles. The highest BCUT2D eigenvalue weighted by Crippen LogP contribution is 2.22. The summed E-state index contributed by atoms with van der Waals surface area (Å²) in [5.41, 5.74) is 5.80. The van der Waals surface area contributed by atoms with E-state index in [4.69, 9.17) is 4.98 Å². The molecule has 1 saturated heterocycles. The topological polar surface area (TPSA) is 65.8 Å². The Balaban J connectivity index is 1.44. The lowest BCUT2D eigenvalue weighted by molar-refractivity contribution is 0.0388. The van der Waals surface area contributed by atoms with Gasteiger partial charge in [-0.2, -0.15) is 9.78 Å². The van der Waals surface area contributed by atoms with E-state index in [1.54, 1.807) is 12.3 Å². The van der Waals surface area contributed by atoms with Crippen molar-refractivity contribution in [1.29, 1.82) is 0 Å². The van der Waals surface area contributed by atoms with Crippen molar-refractivity contribution in [2.45, 2.75) is 40.3 Å². The van der Waals surface area contributed by atoms with E-state index in [0.29, 0.717) is 22.8 Å². The van der Waals surface area contributed by atoms with Crippen molar-refractivity contribution < 1.29 is 0 Å².